The van der Waals surface area contributed by atoms with Crippen molar-refractivity contribution in [1.82, 2.24) is 19.7 Å². The number of para-hydroxylation sites is 1. The highest BCUT2D eigenvalue weighted by atomic mass is 19.4. The Morgan fingerprint density at radius 3 is 2.44 bits per heavy atom. The Morgan fingerprint density at radius 1 is 0.938 bits per heavy atom. The number of rotatable bonds is 4. The molecule has 1 saturated heterocycles. The van der Waals surface area contributed by atoms with Crippen molar-refractivity contribution in [2.24, 2.45) is 0 Å². The van der Waals surface area contributed by atoms with Crippen molar-refractivity contribution in [2.45, 2.75) is 37.9 Å². The number of halogens is 3. The Balaban J connectivity index is 1.20. The van der Waals surface area contributed by atoms with Crippen LogP contribution in [0, 0.1) is 0 Å². The lowest BCUT2D eigenvalue weighted by atomic mass is 9.95. The SMILES string of the molecule is FC(F)(F)c1ccc(CCN2CCC(c3nnc4n3CCOc3ccccc3-4)CC2)cc1. The van der Waals surface area contributed by atoms with Crippen molar-refractivity contribution in [3.8, 4) is 17.1 Å². The highest BCUT2D eigenvalue weighted by Crippen LogP contribution is 2.35. The maximum atomic E-state index is 12.7. The maximum Gasteiger partial charge on any atom is 0.416 e. The molecule has 1 aromatic heterocycles. The fourth-order valence-corrected chi connectivity index (χ4v) is 4.62. The molecule has 0 N–H and O–H groups in total. The van der Waals surface area contributed by atoms with Crippen LogP contribution in [-0.4, -0.2) is 45.9 Å². The van der Waals surface area contributed by atoms with Crippen molar-refractivity contribution in [2.75, 3.05) is 26.2 Å². The summed E-state index contributed by atoms with van der Waals surface area (Å²) in [5, 5.41) is 9.05. The van der Waals surface area contributed by atoms with E-state index in [1.807, 2.05) is 24.3 Å². The molecule has 0 saturated carbocycles. The van der Waals surface area contributed by atoms with E-state index in [0.29, 0.717) is 12.5 Å². The fourth-order valence-electron chi connectivity index (χ4n) is 4.62. The molecule has 168 valence electrons. The topological polar surface area (TPSA) is 43.2 Å². The van der Waals surface area contributed by atoms with Gasteiger partial charge in [-0.05, 0) is 62.2 Å². The second-order valence-corrected chi connectivity index (χ2v) is 8.44. The quantitative estimate of drug-likeness (QED) is 0.583. The summed E-state index contributed by atoms with van der Waals surface area (Å²) < 4.78 is 46.3. The standard InChI is InChI=1S/C24H25F3N4O/c25-24(26,27)19-7-5-17(6-8-19)9-12-30-13-10-18(11-14-30)22-28-29-23-20-3-1-2-4-21(20)32-16-15-31(22)23/h1-8,18H,9-16H2. The van der Waals surface area contributed by atoms with Gasteiger partial charge >= 0.3 is 6.18 Å². The lowest BCUT2D eigenvalue weighted by Gasteiger charge is -2.31. The van der Waals surface area contributed by atoms with Crippen LogP contribution in [0.25, 0.3) is 11.4 Å². The van der Waals surface area contributed by atoms with Gasteiger partial charge < -0.3 is 14.2 Å². The number of alkyl halides is 3. The zero-order chi connectivity index (χ0) is 22.1. The molecule has 32 heavy (non-hydrogen) atoms. The molecule has 0 radical (unpaired) electrons. The molecule has 0 aliphatic carbocycles. The van der Waals surface area contributed by atoms with Crippen LogP contribution in [-0.2, 0) is 19.1 Å². The first-order chi connectivity index (χ1) is 15.5. The van der Waals surface area contributed by atoms with Crippen LogP contribution in [0.15, 0.2) is 48.5 Å². The average molecular weight is 442 g/mol. The molecule has 1 fully saturated rings. The van der Waals surface area contributed by atoms with E-state index in [9.17, 15) is 13.2 Å². The Morgan fingerprint density at radius 2 is 1.69 bits per heavy atom. The molecule has 5 nitrogen and oxygen atoms in total. The van der Waals surface area contributed by atoms with E-state index in [0.717, 1.165) is 74.0 Å². The van der Waals surface area contributed by atoms with E-state index in [4.69, 9.17) is 4.74 Å². The van der Waals surface area contributed by atoms with Gasteiger partial charge in [-0.3, -0.25) is 0 Å². The second-order valence-electron chi connectivity index (χ2n) is 8.44. The lowest BCUT2D eigenvalue weighted by molar-refractivity contribution is -0.137. The zero-order valence-electron chi connectivity index (χ0n) is 17.7. The largest absolute Gasteiger partial charge is 0.491 e. The molecule has 0 bridgehead atoms. The molecule has 2 aromatic carbocycles. The smallest absolute Gasteiger partial charge is 0.416 e. The van der Waals surface area contributed by atoms with Crippen molar-refractivity contribution >= 4 is 0 Å². The van der Waals surface area contributed by atoms with Gasteiger partial charge in [-0.15, -0.1) is 10.2 Å². The van der Waals surface area contributed by atoms with E-state index >= 15 is 0 Å². The molecule has 3 aromatic rings. The van der Waals surface area contributed by atoms with E-state index in [1.165, 1.54) is 12.1 Å². The second kappa shape index (κ2) is 8.58. The molecular formula is C24H25F3N4O. The van der Waals surface area contributed by atoms with Crippen LogP contribution in [0.5, 0.6) is 5.75 Å². The number of nitrogens with zero attached hydrogens (tertiary/aromatic N) is 4. The summed E-state index contributed by atoms with van der Waals surface area (Å²) in [5.41, 5.74) is 1.32. The van der Waals surface area contributed by atoms with Gasteiger partial charge in [0.05, 0.1) is 17.7 Å². The van der Waals surface area contributed by atoms with Crippen LogP contribution in [0.1, 0.15) is 35.7 Å². The van der Waals surface area contributed by atoms with Crippen molar-refractivity contribution in [3.05, 3.63) is 65.5 Å². The normalized spacial score (nSPS) is 17.3. The number of benzene rings is 2. The summed E-state index contributed by atoms with van der Waals surface area (Å²) in [7, 11) is 0. The summed E-state index contributed by atoms with van der Waals surface area (Å²) in [4.78, 5) is 2.38. The number of likely N-dealkylation sites (tertiary alicyclic amines) is 1. The number of fused-ring (bicyclic) bond motifs is 3. The van der Waals surface area contributed by atoms with Crippen molar-refractivity contribution in [3.63, 3.8) is 0 Å². The zero-order valence-corrected chi connectivity index (χ0v) is 17.7. The van der Waals surface area contributed by atoms with Crippen LogP contribution in [0.3, 0.4) is 0 Å². The first-order valence-corrected chi connectivity index (χ1v) is 11.0. The molecule has 2 aliphatic heterocycles. The molecule has 0 amide bonds. The Kier molecular flexibility index (Phi) is 5.63. The third-order valence-electron chi connectivity index (χ3n) is 6.43. The first-order valence-electron chi connectivity index (χ1n) is 11.0. The molecule has 0 spiro atoms. The van der Waals surface area contributed by atoms with Crippen molar-refractivity contribution in [1.29, 1.82) is 0 Å². The van der Waals surface area contributed by atoms with Gasteiger partial charge in [-0.2, -0.15) is 13.2 Å². The first kappa shape index (κ1) is 21.0. The minimum Gasteiger partial charge on any atom is -0.491 e. The van der Waals surface area contributed by atoms with Gasteiger partial charge in [0.15, 0.2) is 5.82 Å². The summed E-state index contributed by atoms with van der Waals surface area (Å²) in [6.45, 7) is 4.07. The Labute approximate surface area is 184 Å². The Bertz CT molecular complexity index is 1070. The maximum absolute atomic E-state index is 12.7. The Hall–Kier alpha value is -2.87. The number of piperidine rings is 1. The minimum atomic E-state index is -4.28. The van der Waals surface area contributed by atoms with E-state index < -0.39 is 11.7 Å². The molecule has 0 atom stereocenters. The molecule has 5 rings (SSSR count). The fraction of sp³-hybridized carbons (Fsp3) is 0.417. The molecule has 3 heterocycles. The molecule has 0 unspecified atom stereocenters. The summed E-state index contributed by atoms with van der Waals surface area (Å²) in [6.07, 6.45) is -1.55. The molecule has 2 aliphatic rings. The third kappa shape index (κ3) is 4.24. The molecular weight excluding hydrogens is 417 g/mol. The van der Waals surface area contributed by atoms with Gasteiger partial charge in [-0.1, -0.05) is 24.3 Å². The predicted octanol–water partition coefficient (Wildman–Crippen LogP) is 4.78. The van der Waals surface area contributed by atoms with Crippen LogP contribution in [0.4, 0.5) is 13.2 Å². The number of aromatic nitrogens is 3. The van der Waals surface area contributed by atoms with E-state index in [1.54, 1.807) is 12.1 Å². The van der Waals surface area contributed by atoms with Crippen LogP contribution in [0.2, 0.25) is 0 Å². The monoisotopic (exact) mass is 442 g/mol. The minimum absolute atomic E-state index is 0.351. The highest BCUT2D eigenvalue weighted by Gasteiger charge is 2.30. The number of hydrogen-bond donors (Lipinski definition) is 0. The number of ether oxygens (including phenoxy) is 1. The van der Waals surface area contributed by atoms with Crippen LogP contribution >= 0.6 is 0 Å². The van der Waals surface area contributed by atoms with Crippen molar-refractivity contribution < 1.29 is 17.9 Å². The highest BCUT2D eigenvalue weighted by molar-refractivity contribution is 5.64. The van der Waals surface area contributed by atoms with Gasteiger partial charge in [-0.25, -0.2) is 0 Å². The van der Waals surface area contributed by atoms with E-state index in [-0.39, 0.29) is 0 Å². The van der Waals surface area contributed by atoms with Gasteiger partial charge in [0.25, 0.3) is 0 Å². The summed E-state index contributed by atoms with van der Waals surface area (Å²) in [6, 6.07) is 13.4. The van der Waals surface area contributed by atoms with Gasteiger partial charge in [0, 0.05) is 12.5 Å². The predicted molar refractivity (Wildman–Crippen MR) is 115 cm³/mol. The van der Waals surface area contributed by atoms with Crippen LogP contribution < -0.4 is 4.74 Å². The molecule has 8 heteroatoms. The lowest BCUT2D eigenvalue weighted by Crippen LogP contribution is -2.35. The van der Waals surface area contributed by atoms with Gasteiger partial charge in [0.1, 0.15) is 18.2 Å². The summed E-state index contributed by atoms with van der Waals surface area (Å²) in [5.74, 6) is 3.10. The summed E-state index contributed by atoms with van der Waals surface area (Å²) >= 11 is 0. The van der Waals surface area contributed by atoms with E-state index in [2.05, 4.69) is 19.7 Å². The van der Waals surface area contributed by atoms with Gasteiger partial charge in [0.2, 0.25) is 0 Å². The number of hydrogen-bond acceptors (Lipinski definition) is 4. The average Bonchev–Trinajstić information content (AvgIpc) is 3.13. The third-order valence-corrected chi connectivity index (χ3v) is 6.43.